The molecule has 0 saturated carbocycles. The van der Waals surface area contributed by atoms with E-state index in [2.05, 4.69) is 6.92 Å². The molecule has 1 saturated heterocycles. The molecule has 1 fully saturated rings. The number of carbonyl (C=O) groups is 1. The minimum absolute atomic E-state index is 0.258. The molecule has 1 aliphatic rings. The molecule has 1 heterocycles. The highest BCUT2D eigenvalue weighted by Crippen LogP contribution is 2.22. The standard InChI is InChI=1S/C22H43NO6/c1-2-3-4-5-6-7-8-9-10-11-12-13-14-15-18(25)29-21-19(23)22(27)28-17(16-24)20(21)26/h17,19-22,24,26-27H,2-16,23H2,1H3/t17-,19-,20-,21-,22?/m1/s1. The van der Waals surface area contributed by atoms with Crippen molar-refractivity contribution in [2.45, 2.75) is 127 Å². The van der Waals surface area contributed by atoms with Gasteiger partial charge >= 0.3 is 5.97 Å². The molecule has 0 amide bonds. The number of aliphatic hydroxyl groups excluding tert-OH is 3. The summed E-state index contributed by atoms with van der Waals surface area (Å²) >= 11 is 0. The van der Waals surface area contributed by atoms with E-state index in [0.29, 0.717) is 0 Å². The largest absolute Gasteiger partial charge is 0.458 e. The van der Waals surface area contributed by atoms with Crippen LogP contribution in [-0.4, -0.2) is 58.5 Å². The summed E-state index contributed by atoms with van der Waals surface area (Å²) in [7, 11) is 0. The van der Waals surface area contributed by atoms with Gasteiger partial charge in [-0.1, -0.05) is 84.0 Å². The van der Waals surface area contributed by atoms with Crippen LogP contribution in [0.4, 0.5) is 0 Å². The Morgan fingerprint density at radius 3 is 1.86 bits per heavy atom. The Bertz CT molecular complexity index is 422. The van der Waals surface area contributed by atoms with E-state index in [9.17, 15) is 20.1 Å². The minimum Gasteiger partial charge on any atom is -0.458 e. The third kappa shape index (κ3) is 10.7. The maximum atomic E-state index is 12.0. The Hall–Kier alpha value is -0.730. The van der Waals surface area contributed by atoms with Crippen molar-refractivity contribution in [2.24, 2.45) is 5.73 Å². The number of carbonyl (C=O) groups excluding carboxylic acids is 1. The number of unbranched alkanes of at least 4 members (excludes halogenated alkanes) is 12. The zero-order valence-electron chi connectivity index (χ0n) is 18.1. The molecule has 7 nitrogen and oxygen atoms in total. The van der Waals surface area contributed by atoms with Gasteiger partial charge in [0.05, 0.1) is 12.6 Å². The molecule has 1 unspecified atom stereocenters. The third-order valence-electron chi connectivity index (χ3n) is 5.67. The van der Waals surface area contributed by atoms with Gasteiger partial charge < -0.3 is 30.5 Å². The van der Waals surface area contributed by atoms with Crippen LogP contribution in [0.1, 0.15) is 96.8 Å². The first-order chi connectivity index (χ1) is 14.0. The summed E-state index contributed by atoms with van der Waals surface area (Å²) in [5, 5.41) is 29.0. The molecule has 5 atom stereocenters. The van der Waals surface area contributed by atoms with Gasteiger partial charge in [0.15, 0.2) is 12.4 Å². The zero-order valence-corrected chi connectivity index (χ0v) is 18.1. The Kier molecular flexibility index (Phi) is 14.5. The molecule has 0 bridgehead atoms. The summed E-state index contributed by atoms with van der Waals surface area (Å²) in [4.78, 5) is 12.0. The van der Waals surface area contributed by atoms with Crippen LogP contribution >= 0.6 is 0 Å². The van der Waals surface area contributed by atoms with E-state index in [1.807, 2.05) is 0 Å². The minimum atomic E-state index is -1.38. The number of hydrogen-bond donors (Lipinski definition) is 4. The molecule has 0 radical (unpaired) electrons. The Morgan fingerprint density at radius 2 is 1.38 bits per heavy atom. The summed E-state index contributed by atoms with van der Waals surface area (Å²) < 4.78 is 10.3. The third-order valence-corrected chi connectivity index (χ3v) is 5.67. The maximum Gasteiger partial charge on any atom is 0.306 e. The van der Waals surface area contributed by atoms with E-state index in [1.165, 1.54) is 64.2 Å². The number of hydrogen-bond acceptors (Lipinski definition) is 7. The molecule has 0 aliphatic carbocycles. The van der Waals surface area contributed by atoms with Crippen LogP contribution < -0.4 is 5.73 Å². The maximum absolute atomic E-state index is 12.0. The van der Waals surface area contributed by atoms with E-state index in [4.69, 9.17) is 15.2 Å². The predicted octanol–water partition coefficient (Wildman–Crippen LogP) is 2.78. The first kappa shape index (κ1) is 26.3. The monoisotopic (exact) mass is 417 g/mol. The lowest BCUT2D eigenvalue weighted by atomic mass is 9.97. The first-order valence-electron chi connectivity index (χ1n) is 11.6. The van der Waals surface area contributed by atoms with Crippen LogP contribution in [0.25, 0.3) is 0 Å². The topological polar surface area (TPSA) is 122 Å². The SMILES string of the molecule is CCCCCCCCCCCCCCCC(=O)O[C@H]1[C@H](O)[C@@H](CO)OC(O)[C@@H]1N. The fourth-order valence-corrected chi connectivity index (χ4v) is 3.75. The van der Waals surface area contributed by atoms with Crippen LogP contribution in [0.15, 0.2) is 0 Å². The van der Waals surface area contributed by atoms with Gasteiger partial charge in [-0.25, -0.2) is 0 Å². The molecule has 0 aromatic carbocycles. The highest BCUT2D eigenvalue weighted by atomic mass is 16.6. The lowest BCUT2D eigenvalue weighted by molar-refractivity contribution is -0.254. The van der Waals surface area contributed by atoms with Crippen molar-refractivity contribution in [3.63, 3.8) is 0 Å². The van der Waals surface area contributed by atoms with E-state index in [0.717, 1.165) is 19.3 Å². The van der Waals surface area contributed by atoms with E-state index in [-0.39, 0.29) is 6.42 Å². The average molecular weight is 418 g/mol. The van der Waals surface area contributed by atoms with Gasteiger partial charge in [0.1, 0.15) is 12.2 Å². The zero-order chi connectivity index (χ0) is 21.5. The van der Waals surface area contributed by atoms with Crippen molar-refractivity contribution in [3.8, 4) is 0 Å². The van der Waals surface area contributed by atoms with Gasteiger partial charge in [0.2, 0.25) is 0 Å². The second-order valence-corrected chi connectivity index (χ2v) is 8.26. The van der Waals surface area contributed by atoms with Crippen molar-refractivity contribution in [1.29, 1.82) is 0 Å². The van der Waals surface area contributed by atoms with Crippen molar-refractivity contribution in [3.05, 3.63) is 0 Å². The van der Waals surface area contributed by atoms with Crippen LogP contribution in [0.2, 0.25) is 0 Å². The first-order valence-corrected chi connectivity index (χ1v) is 11.6. The van der Waals surface area contributed by atoms with Gasteiger partial charge in [0, 0.05) is 6.42 Å². The van der Waals surface area contributed by atoms with E-state index >= 15 is 0 Å². The van der Waals surface area contributed by atoms with Gasteiger partial charge in [-0.3, -0.25) is 4.79 Å². The smallest absolute Gasteiger partial charge is 0.306 e. The molecule has 0 aromatic heterocycles. The molecular formula is C22H43NO6. The van der Waals surface area contributed by atoms with Crippen molar-refractivity contribution >= 4 is 5.97 Å². The Morgan fingerprint density at radius 1 is 0.897 bits per heavy atom. The second-order valence-electron chi connectivity index (χ2n) is 8.26. The molecule has 5 N–H and O–H groups in total. The fraction of sp³-hybridized carbons (Fsp3) is 0.955. The Balaban J connectivity index is 2.02. The Labute approximate surface area is 176 Å². The van der Waals surface area contributed by atoms with Crippen molar-refractivity contribution in [1.82, 2.24) is 0 Å². The van der Waals surface area contributed by atoms with Crippen LogP contribution in [0, 0.1) is 0 Å². The van der Waals surface area contributed by atoms with Gasteiger partial charge in [-0.2, -0.15) is 0 Å². The summed E-state index contributed by atoms with van der Waals surface area (Å²) in [6.07, 6.45) is 11.5. The number of rotatable bonds is 16. The molecular weight excluding hydrogens is 374 g/mol. The van der Waals surface area contributed by atoms with Gasteiger partial charge in [-0.15, -0.1) is 0 Å². The molecule has 1 rings (SSSR count). The molecule has 0 spiro atoms. The molecule has 1 aliphatic heterocycles. The summed E-state index contributed by atoms with van der Waals surface area (Å²) in [6.45, 7) is 1.76. The van der Waals surface area contributed by atoms with E-state index < -0.39 is 43.2 Å². The fourth-order valence-electron chi connectivity index (χ4n) is 3.75. The van der Waals surface area contributed by atoms with Crippen LogP contribution in [0.5, 0.6) is 0 Å². The molecule has 172 valence electrons. The quantitative estimate of drug-likeness (QED) is 0.225. The number of esters is 1. The lowest BCUT2D eigenvalue weighted by Crippen LogP contribution is -2.63. The predicted molar refractivity (Wildman–Crippen MR) is 112 cm³/mol. The highest BCUT2D eigenvalue weighted by molar-refractivity contribution is 5.69. The molecule has 7 heteroatoms. The molecule has 29 heavy (non-hydrogen) atoms. The van der Waals surface area contributed by atoms with Gasteiger partial charge in [0.25, 0.3) is 0 Å². The lowest BCUT2D eigenvalue weighted by Gasteiger charge is -2.40. The van der Waals surface area contributed by atoms with Crippen molar-refractivity contribution < 1.29 is 29.6 Å². The summed E-state index contributed by atoms with van der Waals surface area (Å²) in [5.74, 6) is -0.446. The number of aliphatic hydroxyl groups is 3. The molecule has 0 aromatic rings. The highest BCUT2D eigenvalue weighted by Gasteiger charge is 2.44. The van der Waals surface area contributed by atoms with Crippen molar-refractivity contribution in [2.75, 3.05) is 6.61 Å². The van der Waals surface area contributed by atoms with E-state index in [1.54, 1.807) is 0 Å². The van der Waals surface area contributed by atoms with Gasteiger partial charge in [-0.05, 0) is 6.42 Å². The number of ether oxygens (including phenoxy) is 2. The summed E-state index contributed by atoms with van der Waals surface area (Å²) in [5.41, 5.74) is 5.76. The summed E-state index contributed by atoms with van der Waals surface area (Å²) in [6, 6.07) is -1.04. The second kappa shape index (κ2) is 16.0. The number of nitrogens with two attached hydrogens (primary N) is 1. The average Bonchev–Trinajstić information content (AvgIpc) is 2.71. The van der Waals surface area contributed by atoms with Crippen LogP contribution in [0.3, 0.4) is 0 Å². The normalized spacial score (nSPS) is 27.1. The van der Waals surface area contributed by atoms with Crippen LogP contribution in [-0.2, 0) is 14.3 Å².